The molecule has 0 saturated heterocycles. The number of hydrogen-bond acceptors (Lipinski definition) is 8. The number of carbonyl (C=O) groups is 6. The first kappa shape index (κ1) is 28.0. The SMILES string of the molecule is NC(=O)CC[C@H](NC(=O)CNC(=O)CNC(=O)CNC(=O)c1ccc(S(N)(=O)=O)cc1)C(=O)O. The fourth-order valence-electron chi connectivity index (χ4n) is 2.33. The third-order valence-corrected chi connectivity index (χ3v) is 4.99. The molecule has 186 valence electrons. The molecular weight excluding hydrogens is 476 g/mol. The summed E-state index contributed by atoms with van der Waals surface area (Å²) in [7, 11) is -3.91. The number of nitrogens with one attached hydrogen (secondary N) is 4. The number of amides is 5. The van der Waals surface area contributed by atoms with Gasteiger partial charge < -0.3 is 32.1 Å². The normalized spacial score (nSPS) is 11.6. The van der Waals surface area contributed by atoms with E-state index in [9.17, 15) is 37.2 Å². The summed E-state index contributed by atoms with van der Waals surface area (Å²) in [5, 5.41) is 22.7. The Hall–Kier alpha value is -4.05. The van der Waals surface area contributed by atoms with Gasteiger partial charge in [-0.1, -0.05) is 0 Å². The molecule has 1 atom stereocenters. The molecule has 0 fully saturated rings. The van der Waals surface area contributed by atoms with Gasteiger partial charge in [0.25, 0.3) is 5.91 Å². The maximum atomic E-state index is 12.0. The van der Waals surface area contributed by atoms with Crippen LogP contribution in [0.4, 0.5) is 0 Å². The summed E-state index contributed by atoms with van der Waals surface area (Å²) in [6.45, 7) is -1.61. The Labute approximate surface area is 193 Å². The van der Waals surface area contributed by atoms with Gasteiger partial charge in [0, 0.05) is 12.0 Å². The van der Waals surface area contributed by atoms with Crippen molar-refractivity contribution >= 4 is 45.5 Å². The van der Waals surface area contributed by atoms with Crippen molar-refractivity contribution in [2.45, 2.75) is 23.8 Å². The molecule has 16 heteroatoms. The Kier molecular flexibility index (Phi) is 10.6. The van der Waals surface area contributed by atoms with Crippen LogP contribution < -0.4 is 32.1 Å². The summed E-state index contributed by atoms with van der Waals surface area (Å²) in [6, 6.07) is 3.29. The minimum absolute atomic E-state index is 0.0689. The molecule has 0 aliphatic rings. The summed E-state index contributed by atoms with van der Waals surface area (Å²) in [5.74, 6) is -5.13. The fourth-order valence-corrected chi connectivity index (χ4v) is 2.85. The van der Waals surface area contributed by atoms with Crippen LogP contribution in [0.3, 0.4) is 0 Å². The van der Waals surface area contributed by atoms with Gasteiger partial charge in [-0.3, -0.25) is 24.0 Å². The van der Waals surface area contributed by atoms with Crippen LogP contribution in [-0.2, 0) is 34.0 Å². The van der Waals surface area contributed by atoms with E-state index in [1.165, 1.54) is 12.1 Å². The standard InChI is InChI=1S/C18H24N6O9S/c19-13(25)6-5-12(18(30)31)24-16(28)9-22-14(26)7-21-15(27)8-23-17(29)10-1-3-11(4-2-10)34(20,32)33/h1-4,12H,5-9H2,(H2,19,25)(H,21,27)(H,22,26)(H,23,29)(H,24,28)(H,30,31)(H2,20,32,33)/t12-/m0/s1. The molecule has 9 N–H and O–H groups in total. The maximum Gasteiger partial charge on any atom is 0.326 e. The van der Waals surface area contributed by atoms with Crippen molar-refractivity contribution in [1.29, 1.82) is 0 Å². The average Bonchev–Trinajstić information content (AvgIpc) is 2.76. The maximum absolute atomic E-state index is 12.0. The van der Waals surface area contributed by atoms with Crippen LogP contribution in [0.15, 0.2) is 29.2 Å². The van der Waals surface area contributed by atoms with Crippen LogP contribution in [0.5, 0.6) is 0 Å². The molecule has 0 heterocycles. The first-order valence-electron chi connectivity index (χ1n) is 9.54. The number of primary amides is 1. The van der Waals surface area contributed by atoms with Gasteiger partial charge in [-0.2, -0.15) is 0 Å². The minimum Gasteiger partial charge on any atom is -0.480 e. The first-order chi connectivity index (χ1) is 15.8. The molecule has 0 radical (unpaired) electrons. The van der Waals surface area contributed by atoms with E-state index in [2.05, 4.69) is 21.3 Å². The van der Waals surface area contributed by atoms with E-state index in [1.54, 1.807) is 0 Å². The van der Waals surface area contributed by atoms with E-state index in [-0.39, 0.29) is 23.3 Å². The van der Waals surface area contributed by atoms with Crippen molar-refractivity contribution in [1.82, 2.24) is 21.3 Å². The van der Waals surface area contributed by atoms with Crippen molar-refractivity contribution < 1.29 is 42.3 Å². The van der Waals surface area contributed by atoms with Gasteiger partial charge in [-0.15, -0.1) is 0 Å². The van der Waals surface area contributed by atoms with Gasteiger partial charge in [-0.25, -0.2) is 18.4 Å². The highest BCUT2D eigenvalue weighted by Crippen LogP contribution is 2.08. The number of hydrogen-bond donors (Lipinski definition) is 7. The number of benzene rings is 1. The molecule has 1 aromatic rings. The number of nitrogens with two attached hydrogens (primary N) is 2. The monoisotopic (exact) mass is 500 g/mol. The van der Waals surface area contributed by atoms with Crippen LogP contribution in [0.1, 0.15) is 23.2 Å². The lowest BCUT2D eigenvalue weighted by atomic mass is 10.1. The number of sulfonamides is 1. The second-order valence-electron chi connectivity index (χ2n) is 6.77. The van der Waals surface area contributed by atoms with Crippen LogP contribution in [0, 0.1) is 0 Å². The molecule has 0 saturated carbocycles. The Morgan fingerprint density at radius 3 is 1.82 bits per heavy atom. The Morgan fingerprint density at radius 1 is 0.853 bits per heavy atom. The van der Waals surface area contributed by atoms with Crippen molar-refractivity contribution in [3.63, 3.8) is 0 Å². The first-order valence-corrected chi connectivity index (χ1v) is 11.1. The second kappa shape index (κ2) is 12.9. The molecule has 1 aromatic carbocycles. The third kappa shape index (κ3) is 10.5. The smallest absolute Gasteiger partial charge is 0.326 e. The minimum atomic E-state index is -3.91. The van der Waals surface area contributed by atoms with Gasteiger partial charge in [0.15, 0.2) is 0 Å². The van der Waals surface area contributed by atoms with E-state index < -0.39 is 71.2 Å². The van der Waals surface area contributed by atoms with Gasteiger partial charge in [0.2, 0.25) is 33.7 Å². The highest BCUT2D eigenvalue weighted by atomic mass is 32.2. The molecule has 1 rings (SSSR count). The van der Waals surface area contributed by atoms with E-state index in [4.69, 9.17) is 16.0 Å². The molecule has 15 nitrogen and oxygen atoms in total. The zero-order valence-electron chi connectivity index (χ0n) is 17.7. The number of carboxylic acids is 1. The van der Waals surface area contributed by atoms with Crippen molar-refractivity contribution in [3.05, 3.63) is 29.8 Å². The van der Waals surface area contributed by atoms with Crippen LogP contribution in [-0.4, -0.2) is 74.7 Å². The number of carbonyl (C=O) groups excluding carboxylic acids is 5. The molecule has 0 aromatic heterocycles. The molecule has 0 bridgehead atoms. The van der Waals surface area contributed by atoms with Gasteiger partial charge in [0.05, 0.1) is 24.5 Å². The zero-order chi connectivity index (χ0) is 25.9. The number of primary sulfonamides is 1. The van der Waals surface area contributed by atoms with Crippen LogP contribution >= 0.6 is 0 Å². The molecule has 0 aliphatic heterocycles. The lowest BCUT2D eigenvalue weighted by Crippen LogP contribution is -2.47. The Balaban J connectivity index is 2.36. The summed E-state index contributed by atoms with van der Waals surface area (Å²) < 4.78 is 22.4. The third-order valence-electron chi connectivity index (χ3n) is 4.06. The molecule has 5 amide bonds. The van der Waals surface area contributed by atoms with E-state index in [0.29, 0.717) is 0 Å². The zero-order valence-corrected chi connectivity index (χ0v) is 18.5. The number of rotatable bonds is 13. The van der Waals surface area contributed by atoms with Gasteiger partial charge >= 0.3 is 5.97 Å². The largest absolute Gasteiger partial charge is 0.480 e. The predicted molar refractivity (Wildman–Crippen MR) is 114 cm³/mol. The van der Waals surface area contributed by atoms with E-state index in [1.807, 2.05) is 0 Å². The van der Waals surface area contributed by atoms with E-state index >= 15 is 0 Å². The van der Waals surface area contributed by atoms with Gasteiger partial charge in [0.1, 0.15) is 6.04 Å². The van der Waals surface area contributed by atoms with Crippen LogP contribution in [0.2, 0.25) is 0 Å². The summed E-state index contributed by atoms with van der Waals surface area (Å²) in [5.41, 5.74) is 5.00. The Bertz CT molecular complexity index is 1060. The molecule has 0 spiro atoms. The van der Waals surface area contributed by atoms with Crippen LogP contribution in [0.25, 0.3) is 0 Å². The summed E-state index contributed by atoms with van der Waals surface area (Å²) in [6.07, 6.45) is -0.477. The molecule has 0 unspecified atom stereocenters. The second-order valence-corrected chi connectivity index (χ2v) is 8.33. The van der Waals surface area contributed by atoms with Crippen molar-refractivity contribution in [2.24, 2.45) is 10.9 Å². The topological polar surface area (TPSA) is 257 Å². The summed E-state index contributed by atoms with van der Waals surface area (Å²) in [4.78, 5) is 68.8. The predicted octanol–water partition coefficient (Wildman–Crippen LogP) is -3.87. The van der Waals surface area contributed by atoms with Gasteiger partial charge in [-0.05, 0) is 30.7 Å². The highest BCUT2D eigenvalue weighted by Gasteiger charge is 2.20. The summed E-state index contributed by atoms with van der Waals surface area (Å²) >= 11 is 0. The molecule has 0 aliphatic carbocycles. The lowest BCUT2D eigenvalue weighted by Gasteiger charge is -2.14. The average molecular weight is 500 g/mol. The number of aliphatic carboxylic acids is 1. The van der Waals surface area contributed by atoms with Crippen molar-refractivity contribution in [3.8, 4) is 0 Å². The Morgan fingerprint density at radius 2 is 1.35 bits per heavy atom. The molecular formula is C18H24N6O9S. The lowest BCUT2D eigenvalue weighted by molar-refractivity contribution is -0.142. The molecule has 34 heavy (non-hydrogen) atoms. The quantitative estimate of drug-likeness (QED) is 0.139. The highest BCUT2D eigenvalue weighted by molar-refractivity contribution is 7.89. The fraction of sp³-hybridized carbons (Fsp3) is 0.333. The van der Waals surface area contributed by atoms with E-state index in [0.717, 1.165) is 12.1 Å². The van der Waals surface area contributed by atoms with Crippen molar-refractivity contribution in [2.75, 3.05) is 19.6 Å². The number of carboxylic acid groups (broad SMARTS) is 1.